The summed E-state index contributed by atoms with van der Waals surface area (Å²) in [6.07, 6.45) is 2.58. The summed E-state index contributed by atoms with van der Waals surface area (Å²) in [4.78, 5) is 0. The van der Waals surface area contributed by atoms with Crippen molar-refractivity contribution in [1.29, 1.82) is 0 Å². The van der Waals surface area contributed by atoms with Crippen LogP contribution in [0.2, 0.25) is 0 Å². The summed E-state index contributed by atoms with van der Waals surface area (Å²) in [5.74, 6) is 0.518. The maximum Gasteiger partial charge on any atom is 1.00 e. The van der Waals surface area contributed by atoms with Gasteiger partial charge in [0.15, 0.2) is 0 Å². The predicted octanol–water partition coefficient (Wildman–Crippen LogP) is 5.24. The van der Waals surface area contributed by atoms with Gasteiger partial charge in [-0.25, -0.2) is 0 Å². The van der Waals surface area contributed by atoms with Gasteiger partial charge < -0.3 is 12.4 Å². The maximum absolute atomic E-state index is 2.58. The van der Waals surface area contributed by atoms with Crippen LogP contribution in [0.3, 0.4) is 0 Å². The molecule has 0 atom stereocenters. The SMILES string of the molecule is CC(C)[CH-][P+](c1ccccc1)(c1ccccc1)c1ccccc1.[Au+].[Cl-].c1ccc(P(c2ccccc2)c2ccccc2)cc1. The van der Waals surface area contributed by atoms with E-state index in [0.717, 1.165) is 0 Å². The Morgan fingerprint density at radius 2 is 0.636 bits per heavy atom. The third-order valence-corrected chi connectivity index (χ3v) is 13.9. The first-order chi connectivity index (χ1) is 20.7. The van der Waals surface area contributed by atoms with Crippen LogP contribution in [0.25, 0.3) is 0 Å². The molecule has 0 aliphatic carbocycles. The van der Waals surface area contributed by atoms with Gasteiger partial charge in [-0.05, 0) is 67.5 Å². The number of halogens is 1. The van der Waals surface area contributed by atoms with Crippen molar-refractivity contribution in [2.45, 2.75) is 13.8 Å². The maximum atomic E-state index is 2.58. The summed E-state index contributed by atoms with van der Waals surface area (Å²) in [7, 11) is -2.18. The van der Waals surface area contributed by atoms with Gasteiger partial charge in [0.05, 0.1) is 15.9 Å². The smallest absolute Gasteiger partial charge is 1.00 e. The Hall–Kier alpha value is -2.79. The van der Waals surface area contributed by atoms with Crippen LogP contribution >= 0.6 is 15.2 Å². The van der Waals surface area contributed by atoms with Gasteiger partial charge in [0.25, 0.3) is 0 Å². The summed E-state index contributed by atoms with van der Waals surface area (Å²) in [5.41, 5.74) is 0. The van der Waals surface area contributed by atoms with Crippen LogP contribution in [-0.2, 0) is 22.4 Å². The zero-order valence-electron chi connectivity index (χ0n) is 25.0. The Morgan fingerprint density at radius 3 is 0.864 bits per heavy atom. The van der Waals surface area contributed by atoms with Gasteiger partial charge in [0, 0.05) is 0 Å². The fourth-order valence-electron chi connectivity index (χ4n) is 5.32. The van der Waals surface area contributed by atoms with E-state index < -0.39 is 15.2 Å². The first-order valence-electron chi connectivity index (χ1n) is 14.6. The molecule has 226 valence electrons. The molecule has 0 bridgehead atoms. The number of benzene rings is 6. The number of hydrogen-bond acceptors (Lipinski definition) is 0. The van der Waals surface area contributed by atoms with Crippen LogP contribution in [0.5, 0.6) is 0 Å². The average molecular weight is 813 g/mol. The number of rotatable bonds is 8. The van der Waals surface area contributed by atoms with E-state index >= 15 is 0 Å². The van der Waals surface area contributed by atoms with Gasteiger partial charge in [0.1, 0.15) is 0 Å². The second-order valence-corrected chi connectivity index (χ2v) is 16.0. The second kappa shape index (κ2) is 18.2. The quantitative estimate of drug-likeness (QED) is 0.112. The van der Waals surface area contributed by atoms with E-state index in [0.29, 0.717) is 5.92 Å². The Bertz CT molecular complexity index is 1410. The summed E-state index contributed by atoms with van der Waals surface area (Å²) in [5, 5.41) is 8.46. The Morgan fingerprint density at radius 1 is 0.409 bits per heavy atom. The molecule has 0 amide bonds. The third-order valence-electron chi connectivity index (χ3n) is 7.06. The standard InChI is InChI=1S/C22H23P.C18H15P.Au.ClH/c1-19(2)18-23(20-12-6-3-7-13-20,21-14-8-4-9-15-21)22-16-10-5-11-17-22;1-4-10-16(11-5-1)19(17-12-6-2-7-13-17)18-14-8-3-9-15-18;;/h3-19H,1-2H3;1-15H;;1H/q;;+1;/p-1. The van der Waals surface area contributed by atoms with Crippen molar-refractivity contribution >= 4 is 47.0 Å². The minimum Gasteiger partial charge on any atom is -1.00 e. The van der Waals surface area contributed by atoms with Crippen molar-refractivity contribution in [2.75, 3.05) is 0 Å². The molecule has 0 spiro atoms. The van der Waals surface area contributed by atoms with Crippen LogP contribution in [0.1, 0.15) is 13.8 Å². The van der Waals surface area contributed by atoms with Gasteiger partial charge in [0.2, 0.25) is 0 Å². The van der Waals surface area contributed by atoms with E-state index in [1.807, 2.05) is 0 Å². The summed E-state index contributed by atoms with van der Waals surface area (Å²) < 4.78 is 0. The normalized spacial score (nSPS) is 10.6. The van der Waals surface area contributed by atoms with E-state index in [2.05, 4.69) is 202 Å². The average Bonchev–Trinajstić information content (AvgIpc) is 3.07. The molecular formula is C40H38AuClP2. The molecular weight excluding hydrogens is 775 g/mol. The van der Waals surface area contributed by atoms with Crippen molar-refractivity contribution < 1.29 is 34.8 Å². The zero-order chi connectivity index (χ0) is 29.0. The van der Waals surface area contributed by atoms with Crippen LogP contribution in [0.4, 0.5) is 0 Å². The molecule has 0 saturated carbocycles. The van der Waals surface area contributed by atoms with Gasteiger partial charge in [-0.2, -0.15) is 0 Å². The van der Waals surface area contributed by atoms with Crippen molar-refractivity contribution in [3.05, 3.63) is 188 Å². The molecule has 0 aliphatic heterocycles. The molecule has 0 unspecified atom stereocenters. The molecule has 0 radical (unpaired) electrons. The molecule has 0 nitrogen and oxygen atoms in total. The Labute approximate surface area is 288 Å². The molecule has 0 heterocycles. The summed E-state index contributed by atoms with van der Waals surface area (Å²) >= 11 is 0. The molecule has 44 heavy (non-hydrogen) atoms. The minimum absolute atomic E-state index is 0. The summed E-state index contributed by atoms with van der Waals surface area (Å²) in [6.45, 7) is 4.56. The molecule has 6 rings (SSSR count). The molecule has 0 aromatic heterocycles. The molecule has 0 N–H and O–H groups in total. The number of hydrogen-bond donors (Lipinski definition) is 0. The van der Waals surface area contributed by atoms with Gasteiger partial charge in [-0.1, -0.05) is 159 Å². The first kappa shape index (κ1) is 35.7. The van der Waals surface area contributed by atoms with Gasteiger partial charge >= 0.3 is 22.4 Å². The topological polar surface area (TPSA) is 0 Å². The third kappa shape index (κ3) is 8.90. The molecule has 0 saturated heterocycles. The van der Waals surface area contributed by atoms with E-state index in [9.17, 15) is 0 Å². The largest absolute Gasteiger partial charge is 1.00 e. The minimum atomic E-state index is -1.73. The van der Waals surface area contributed by atoms with Crippen molar-refractivity contribution in [3.8, 4) is 0 Å². The van der Waals surface area contributed by atoms with Gasteiger partial charge in [-0.15, -0.1) is 12.1 Å². The van der Waals surface area contributed by atoms with Crippen molar-refractivity contribution in [1.82, 2.24) is 0 Å². The van der Waals surface area contributed by atoms with E-state index in [4.69, 9.17) is 0 Å². The van der Waals surface area contributed by atoms with Crippen LogP contribution in [0, 0.1) is 12.1 Å². The Kier molecular flexibility index (Phi) is 14.8. The van der Waals surface area contributed by atoms with Crippen LogP contribution in [0.15, 0.2) is 182 Å². The molecule has 6 aromatic carbocycles. The molecule has 6 aromatic rings. The molecule has 0 fully saturated rings. The van der Waals surface area contributed by atoms with Crippen molar-refractivity contribution in [3.63, 3.8) is 0 Å². The second-order valence-electron chi connectivity index (χ2n) is 10.5. The van der Waals surface area contributed by atoms with Crippen LogP contribution < -0.4 is 44.2 Å². The first-order valence-corrected chi connectivity index (χ1v) is 17.8. The van der Waals surface area contributed by atoms with Gasteiger partial charge in [-0.3, -0.25) is 0 Å². The van der Waals surface area contributed by atoms with E-state index in [1.54, 1.807) is 0 Å². The van der Waals surface area contributed by atoms with Crippen molar-refractivity contribution in [2.24, 2.45) is 5.92 Å². The fraction of sp³-hybridized carbons (Fsp3) is 0.0750. The fourth-order valence-corrected chi connectivity index (χ4v) is 11.9. The predicted molar refractivity (Wildman–Crippen MR) is 189 cm³/mol. The van der Waals surface area contributed by atoms with Crippen LogP contribution in [-0.4, -0.2) is 0 Å². The molecule has 0 aliphatic rings. The molecule has 4 heteroatoms. The zero-order valence-corrected chi connectivity index (χ0v) is 29.8. The Balaban J connectivity index is 0.000000234. The van der Waals surface area contributed by atoms with E-state index in [-0.39, 0.29) is 34.8 Å². The summed E-state index contributed by atoms with van der Waals surface area (Å²) in [6, 6.07) is 65.3. The monoisotopic (exact) mass is 812 g/mol. The van der Waals surface area contributed by atoms with E-state index in [1.165, 1.54) is 31.8 Å².